The summed E-state index contributed by atoms with van der Waals surface area (Å²) < 4.78 is 19.1. The summed E-state index contributed by atoms with van der Waals surface area (Å²) in [6, 6.07) is 8.74. The third-order valence-corrected chi connectivity index (χ3v) is 3.28. The molecule has 0 spiro atoms. The molecule has 1 aromatic carbocycles. The molecule has 0 aliphatic carbocycles. The van der Waals surface area contributed by atoms with E-state index in [9.17, 15) is 9.18 Å². The Morgan fingerprint density at radius 3 is 3.05 bits per heavy atom. The van der Waals surface area contributed by atoms with Gasteiger partial charge in [-0.3, -0.25) is 9.78 Å². The second-order valence-corrected chi connectivity index (χ2v) is 4.56. The van der Waals surface area contributed by atoms with Crippen LogP contribution in [0.15, 0.2) is 42.7 Å². The fourth-order valence-corrected chi connectivity index (χ4v) is 2.29. The van der Waals surface area contributed by atoms with Gasteiger partial charge in [-0.2, -0.15) is 0 Å². The molecule has 1 N–H and O–H groups in total. The Kier molecular flexibility index (Phi) is 3.33. The zero-order valence-electron chi connectivity index (χ0n) is 10.7. The maximum atomic E-state index is 13.5. The van der Waals surface area contributed by atoms with Crippen molar-refractivity contribution in [3.63, 3.8) is 0 Å². The average molecular weight is 272 g/mol. The molecular weight excluding hydrogens is 259 g/mol. The molecule has 4 nitrogen and oxygen atoms in total. The minimum atomic E-state index is -0.620. The number of ether oxygens (including phenoxy) is 1. The van der Waals surface area contributed by atoms with Crippen molar-refractivity contribution >= 4 is 5.91 Å². The minimum absolute atomic E-state index is 0.00368. The molecule has 1 amide bonds. The van der Waals surface area contributed by atoms with E-state index in [1.807, 2.05) is 24.3 Å². The number of pyridine rings is 1. The standard InChI is InChI=1S/C15H13FN2O2/c16-12-9-17-7-5-10(12)15(19)18-13-6-8-20-14-4-2-1-3-11(13)14/h1-5,7,9,13H,6,8H2,(H,18,19). The fourth-order valence-electron chi connectivity index (χ4n) is 2.29. The molecule has 1 aliphatic heterocycles. The number of nitrogens with one attached hydrogen (secondary N) is 1. The molecule has 0 fully saturated rings. The van der Waals surface area contributed by atoms with Crippen molar-refractivity contribution in [1.29, 1.82) is 0 Å². The van der Waals surface area contributed by atoms with E-state index in [4.69, 9.17) is 4.74 Å². The monoisotopic (exact) mass is 272 g/mol. The molecule has 102 valence electrons. The molecule has 0 radical (unpaired) electrons. The lowest BCUT2D eigenvalue weighted by Gasteiger charge is -2.26. The van der Waals surface area contributed by atoms with Gasteiger partial charge in [0.15, 0.2) is 5.82 Å². The van der Waals surface area contributed by atoms with Crippen LogP contribution in [0.25, 0.3) is 0 Å². The SMILES string of the molecule is O=C(NC1CCOc2ccccc21)c1ccncc1F. The van der Waals surface area contributed by atoms with Crippen LogP contribution in [0.5, 0.6) is 5.75 Å². The van der Waals surface area contributed by atoms with Crippen molar-refractivity contribution in [3.8, 4) is 5.75 Å². The number of benzene rings is 1. The second kappa shape index (κ2) is 5.28. The first-order chi connectivity index (χ1) is 9.75. The van der Waals surface area contributed by atoms with Crippen LogP contribution in [0, 0.1) is 5.82 Å². The molecule has 5 heteroatoms. The van der Waals surface area contributed by atoms with E-state index in [1.54, 1.807) is 0 Å². The highest BCUT2D eigenvalue weighted by molar-refractivity contribution is 5.94. The van der Waals surface area contributed by atoms with Crippen molar-refractivity contribution in [1.82, 2.24) is 10.3 Å². The topological polar surface area (TPSA) is 51.2 Å². The van der Waals surface area contributed by atoms with Gasteiger partial charge in [-0.1, -0.05) is 18.2 Å². The molecule has 2 aromatic rings. The largest absolute Gasteiger partial charge is 0.493 e. The summed E-state index contributed by atoms with van der Waals surface area (Å²) in [5.41, 5.74) is 0.922. The van der Waals surface area contributed by atoms with E-state index in [0.717, 1.165) is 17.5 Å². The first-order valence-electron chi connectivity index (χ1n) is 6.38. The van der Waals surface area contributed by atoms with Gasteiger partial charge < -0.3 is 10.1 Å². The van der Waals surface area contributed by atoms with Crippen molar-refractivity contribution < 1.29 is 13.9 Å². The van der Waals surface area contributed by atoms with Crippen LogP contribution >= 0.6 is 0 Å². The molecule has 1 atom stereocenters. The van der Waals surface area contributed by atoms with Gasteiger partial charge in [0.25, 0.3) is 5.91 Å². The highest BCUT2D eigenvalue weighted by Gasteiger charge is 2.23. The Morgan fingerprint density at radius 2 is 2.20 bits per heavy atom. The molecule has 2 heterocycles. The number of nitrogens with zero attached hydrogens (tertiary/aromatic N) is 1. The van der Waals surface area contributed by atoms with E-state index >= 15 is 0 Å². The van der Waals surface area contributed by atoms with E-state index < -0.39 is 11.7 Å². The van der Waals surface area contributed by atoms with Gasteiger partial charge in [-0.15, -0.1) is 0 Å². The number of carbonyl (C=O) groups is 1. The minimum Gasteiger partial charge on any atom is -0.493 e. The first kappa shape index (κ1) is 12.6. The Hall–Kier alpha value is -2.43. The summed E-state index contributed by atoms with van der Waals surface area (Å²) in [7, 11) is 0. The summed E-state index contributed by atoms with van der Waals surface area (Å²) in [6.07, 6.45) is 3.10. The van der Waals surface area contributed by atoms with Gasteiger partial charge in [-0.05, 0) is 12.1 Å². The Bertz CT molecular complexity index is 645. The summed E-state index contributed by atoms with van der Waals surface area (Å²) in [6.45, 7) is 0.529. The van der Waals surface area contributed by atoms with Crippen molar-refractivity contribution in [2.75, 3.05) is 6.61 Å². The maximum Gasteiger partial charge on any atom is 0.254 e. The van der Waals surface area contributed by atoms with Gasteiger partial charge in [0.05, 0.1) is 24.4 Å². The van der Waals surface area contributed by atoms with E-state index in [2.05, 4.69) is 10.3 Å². The van der Waals surface area contributed by atoms with Crippen LogP contribution in [-0.4, -0.2) is 17.5 Å². The smallest absolute Gasteiger partial charge is 0.254 e. The van der Waals surface area contributed by atoms with Crippen LogP contribution in [0.4, 0.5) is 4.39 Å². The summed E-state index contributed by atoms with van der Waals surface area (Å²) >= 11 is 0. The van der Waals surface area contributed by atoms with E-state index in [0.29, 0.717) is 13.0 Å². The summed E-state index contributed by atoms with van der Waals surface area (Å²) in [5, 5.41) is 2.85. The molecule has 20 heavy (non-hydrogen) atoms. The lowest BCUT2D eigenvalue weighted by atomic mass is 10.0. The van der Waals surface area contributed by atoms with Gasteiger partial charge in [-0.25, -0.2) is 4.39 Å². The first-order valence-corrected chi connectivity index (χ1v) is 6.38. The number of fused-ring (bicyclic) bond motifs is 1. The van der Waals surface area contributed by atoms with E-state index in [-0.39, 0.29) is 11.6 Å². The van der Waals surface area contributed by atoms with Crippen LogP contribution in [0.2, 0.25) is 0 Å². The molecule has 0 saturated heterocycles. The molecule has 0 saturated carbocycles. The highest BCUT2D eigenvalue weighted by atomic mass is 19.1. The van der Waals surface area contributed by atoms with Crippen molar-refractivity contribution in [2.45, 2.75) is 12.5 Å². The number of halogens is 1. The fraction of sp³-hybridized carbons (Fsp3) is 0.200. The van der Waals surface area contributed by atoms with Gasteiger partial charge in [0, 0.05) is 18.2 Å². The predicted octanol–water partition coefficient (Wildman–Crippen LogP) is 2.47. The average Bonchev–Trinajstić information content (AvgIpc) is 2.48. The van der Waals surface area contributed by atoms with E-state index in [1.165, 1.54) is 12.3 Å². The third-order valence-electron chi connectivity index (χ3n) is 3.28. The normalized spacial score (nSPS) is 16.9. The Balaban J connectivity index is 1.83. The van der Waals surface area contributed by atoms with Gasteiger partial charge in [0.2, 0.25) is 0 Å². The lowest BCUT2D eigenvalue weighted by molar-refractivity contribution is 0.0920. The predicted molar refractivity (Wildman–Crippen MR) is 71.0 cm³/mol. The zero-order valence-corrected chi connectivity index (χ0v) is 10.7. The second-order valence-electron chi connectivity index (χ2n) is 4.56. The van der Waals surface area contributed by atoms with Crippen LogP contribution in [0.3, 0.4) is 0 Å². The molecule has 3 rings (SSSR count). The lowest BCUT2D eigenvalue weighted by Crippen LogP contribution is -2.32. The van der Waals surface area contributed by atoms with Crippen molar-refractivity contribution in [3.05, 3.63) is 59.7 Å². The number of rotatable bonds is 2. The van der Waals surface area contributed by atoms with Gasteiger partial charge in [0.1, 0.15) is 5.75 Å². The van der Waals surface area contributed by atoms with Crippen LogP contribution < -0.4 is 10.1 Å². The number of hydrogen-bond donors (Lipinski definition) is 1. The highest BCUT2D eigenvalue weighted by Crippen LogP contribution is 2.31. The Labute approximate surface area is 115 Å². The summed E-state index contributed by atoms with van der Waals surface area (Å²) in [4.78, 5) is 15.8. The number of para-hydroxylation sites is 1. The Morgan fingerprint density at radius 1 is 1.35 bits per heavy atom. The van der Waals surface area contributed by atoms with Crippen LogP contribution in [0.1, 0.15) is 28.4 Å². The maximum absolute atomic E-state index is 13.5. The number of amides is 1. The zero-order chi connectivity index (χ0) is 13.9. The molecule has 0 bridgehead atoms. The molecule has 1 aliphatic rings. The number of hydrogen-bond acceptors (Lipinski definition) is 3. The third kappa shape index (κ3) is 2.34. The summed E-state index contributed by atoms with van der Waals surface area (Å²) in [5.74, 6) is -0.295. The van der Waals surface area contributed by atoms with Gasteiger partial charge >= 0.3 is 0 Å². The van der Waals surface area contributed by atoms with Crippen molar-refractivity contribution in [2.24, 2.45) is 0 Å². The van der Waals surface area contributed by atoms with Crippen LogP contribution in [-0.2, 0) is 0 Å². The molecule has 1 unspecified atom stereocenters. The number of aromatic nitrogens is 1. The molecular formula is C15H13FN2O2. The molecule has 1 aromatic heterocycles. The number of carbonyl (C=O) groups excluding carboxylic acids is 1. The quantitative estimate of drug-likeness (QED) is 0.913.